The van der Waals surface area contributed by atoms with Crippen molar-refractivity contribution in [2.24, 2.45) is 11.8 Å². The summed E-state index contributed by atoms with van der Waals surface area (Å²) < 4.78 is 15.9. The van der Waals surface area contributed by atoms with E-state index in [1.165, 1.54) is 18.2 Å². The third-order valence-corrected chi connectivity index (χ3v) is 4.84. The topological polar surface area (TPSA) is 128 Å². The van der Waals surface area contributed by atoms with Crippen LogP contribution < -0.4 is 5.32 Å². The molecule has 1 aromatic carbocycles. The average Bonchev–Trinajstić information content (AvgIpc) is 3.28. The van der Waals surface area contributed by atoms with Crippen LogP contribution in [0.4, 0.5) is 5.69 Å². The van der Waals surface area contributed by atoms with Gasteiger partial charge in [-0.05, 0) is 45.9 Å². The smallest absolute Gasteiger partial charge is 0.338 e. The van der Waals surface area contributed by atoms with Crippen LogP contribution in [0.2, 0.25) is 0 Å². The van der Waals surface area contributed by atoms with Crippen LogP contribution in [0.5, 0.6) is 0 Å². The van der Waals surface area contributed by atoms with Crippen LogP contribution in [0.25, 0.3) is 0 Å². The molecular formula is C22H25NO8. The maximum atomic E-state index is 12.9. The molecule has 9 nitrogen and oxygen atoms in total. The second-order valence-electron chi connectivity index (χ2n) is 8.04. The molecule has 4 atom stereocenters. The molecule has 166 valence electrons. The quantitative estimate of drug-likeness (QED) is 0.498. The van der Waals surface area contributed by atoms with Crippen molar-refractivity contribution in [2.75, 3.05) is 5.32 Å². The van der Waals surface area contributed by atoms with E-state index < -0.39 is 47.9 Å². The van der Waals surface area contributed by atoms with Crippen LogP contribution in [0.15, 0.2) is 30.4 Å². The summed E-state index contributed by atoms with van der Waals surface area (Å²) in [6, 6.07) is 4.07. The summed E-state index contributed by atoms with van der Waals surface area (Å²) in [7, 11) is 0. The highest BCUT2D eigenvalue weighted by Crippen LogP contribution is 2.40. The Morgan fingerprint density at radius 2 is 1.35 bits per heavy atom. The van der Waals surface area contributed by atoms with E-state index in [-0.39, 0.29) is 29.0 Å². The Morgan fingerprint density at radius 1 is 0.871 bits per heavy atom. The van der Waals surface area contributed by atoms with E-state index in [2.05, 4.69) is 5.32 Å². The molecule has 0 unspecified atom stereocenters. The molecule has 0 radical (unpaired) electrons. The van der Waals surface area contributed by atoms with E-state index in [9.17, 15) is 24.3 Å². The fourth-order valence-electron chi connectivity index (χ4n) is 3.64. The van der Waals surface area contributed by atoms with Gasteiger partial charge in [0, 0.05) is 5.69 Å². The molecule has 1 saturated heterocycles. The fraction of sp³-hybridized carbons (Fsp3) is 0.455. The van der Waals surface area contributed by atoms with Gasteiger partial charge in [0.1, 0.15) is 5.92 Å². The van der Waals surface area contributed by atoms with E-state index in [1.807, 2.05) is 0 Å². The lowest BCUT2D eigenvalue weighted by Gasteiger charge is -2.21. The number of rotatable bonds is 7. The van der Waals surface area contributed by atoms with Crippen molar-refractivity contribution in [3.8, 4) is 0 Å². The zero-order valence-electron chi connectivity index (χ0n) is 17.7. The molecule has 0 aromatic heterocycles. The zero-order valence-corrected chi connectivity index (χ0v) is 17.7. The Kier molecular flexibility index (Phi) is 6.45. The molecule has 1 aromatic rings. The number of amides is 1. The molecule has 2 heterocycles. The lowest BCUT2D eigenvalue weighted by atomic mass is 9.82. The monoisotopic (exact) mass is 431 g/mol. The van der Waals surface area contributed by atoms with Crippen molar-refractivity contribution >= 4 is 29.5 Å². The maximum Gasteiger partial charge on any atom is 0.338 e. The lowest BCUT2D eigenvalue weighted by Crippen LogP contribution is -2.39. The number of benzene rings is 1. The first-order chi connectivity index (χ1) is 14.6. The minimum absolute atomic E-state index is 0.0566. The first-order valence-corrected chi connectivity index (χ1v) is 10.0. The molecule has 0 saturated carbocycles. The number of fused-ring (bicyclic) bond motifs is 2. The predicted molar refractivity (Wildman–Crippen MR) is 109 cm³/mol. The number of anilines is 1. The summed E-state index contributed by atoms with van der Waals surface area (Å²) in [6.07, 6.45) is 1.22. The summed E-state index contributed by atoms with van der Waals surface area (Å²) in [6.45, 7) is 6.75. The molecule has 9 heteroatoms. The van der Waals surface area contributed by atoms with Gasteiger partial charge in [0.2, 0.25) is 5.91 Å². The zero-order chi connectivity index (χ0) is 22.9. The van der Waals surface area contributed by atoms with E-state index in [1.54, 1.807) is 39.8 Å². The molecule has 0 spiro atoms. The molecule has 1 amide bonds. The van der Waals surface area contributed by atoms with Crippen LogP contribution >= 0.6 is 0 Å². The van der Waals surface area contributed by atoms with Gasteiger partial charge in [-0.15, -0.1) is 0 Å². The third-order valence-electron chi connectivity index (χ3n) is 4.84. The van der Waals surface area contributed by atoms with Crippen LogP contribution in [-0.4, -0.2) is 53.3 Å². The van der Waals surface area contributed by atoms with Crippen molar-refractivity contribution in [3.05, 3.63) is 41.5 Å². The Labute approximate surface area is 179 Å². The normalized spacial score (nSPS) is 23.8. The Hall–Kier alpha value is -3.20. The summed E-state index contributed by atoms with van der Waals surface area (Å²) >= 11 is 0. The Morgan fingerprint density at radius 3 is 1.81 bits per heavy atom. The number of carbonyl (C=O) groups is 4. The van der Waals surface area contributed by atoms with E-state index in [4.69, 9.17) is 14.2 Å². The average molecular weight is 431 g/mol. The first kappa shape index (κ1) is 22.5. The van der Waals surface area contributed by atoms with Crippen molar-refractivity contribution in [3.63, 3.8) is 0 Å². The summed E-state index contributed by atoms with van der Waals surface area (Å²) in [5.74, 6) is -5.01. The number of carbonyl (C=O) groups excluding carboxylic acids is 3. The summed E-state index contributed by atoms with van der Waals surface area (Å²) in [4.78, 5) is 49.3. The van der Waals surface area contributed by atoms with E-state index >= 15 is 0 Å². The van der Waals surface area contributed by atoms with Gasteiger partial charge in [0.25, 0.3) is 0 Å². The highest BCUT2D eigenvalue weighted by molar-refractivity contribution is 6.01. The van der Waals surface area contributed by atoms with Crippen molar-refractivity contribution in [2.45, 2.75) is 52.1 Å². The predicted octanol–water partition coefficient (Wildman–Crippen LogP) is 2.41. The Bertz CT molecular complexity index is 895. The number of hydrogen-bond donors (Lipinski definition) is 2. The highest BCUT2D eigenvalue weighted by atomic mass is 16.5. The van der Waals surface area contributed by atoms with E-state index in [0.29, 0.717) is 0 Å². The van der Waals surface area contributed by atoms with Gasteiger partial charge in [-0.25, -0.2) is 9.59 Å². The van der Waals surface area contributed by atoms with Crippen LogP contribution in [0, 0.1) is 11.8 Å². The molecule has 2 bridgehead atoms. The molecule has 3 rings (SSSR count). The van der Waals surface area contributed by atoms with E-state index in [0.717, 1.165) is 0 Å². The second-order valence-corrected chi connectivity index (χ2v) is 8.04. The van der Waals surface area contributed by atoms with Gasteiger partial charge < -0.3 is 24.6 Å². The van der Waals surface area contributed by atoms with Gasteiger partial charge in [-0.3, -0.25) is 9.59 Å². The van der Waals surface area contributed by atoms with Crippen molar-refractivity contribution in [1.29, 1.82) is 0 Å². The van der Waals surface area contributed by atoms with Crippen LogP contribution in [0.1, 0.15) is 48.4 Å². The Balaban J connectivity index is 1.89. The largest absolute Gasteiger partial charge is 0.481 e. The number of carboxylic acid groups (broad SMARTS) is 1. The minimum atomic E-state index is -1.13. The number of esters is 2. The molecular weight excluding hydrogens is 406 g/mol. The summed E-state index contributed by atoms with van der Waals surface area (Å²) in [5.41, 5.74) is 0.261. The standard InChI is InChI=1S/C22H25NO8/c1-10(2)29-21(27)12-7-13(22(28)30-11(3)4)9-14(8-12)23-19(24)17-15-5-6-16(31-15)18(17)20(25)26/h5-11,15-18H,1-4H3,(H,23,24)(H,25,26)/t15-,16+,17-,18+/m1/s1. The number of aliphatic carboxylic acids is 1. The fourth-order valence-corrected chi connectivity index (χ4v) is 3.64. The second kappa shape index (κ2) is 8.89. The van der Waals surface area contributed by atoms with Gasteiger partial charge in [-0.2, -0.15) is 0 Å². The van der Waals surface area contributed by atoms with Crippen LogP contribution in [-0.2, 0) is 23.8 Å². The number of hydrogen-bond acceptors (Lipinski definition) is 7. The number of ether oxygens (including phenoxy) is 3. The highest BCUT2D eigenvalue weighted by Gasteiger charge is 2.53. The SMILES string of the molecule is CC(C)OC(=O)c1cc(NC(=O)[C@H]2[C@@H](C(=O)O)[C@@H]3C=C[C@H]2O3)cc(C(=O)OC(C)C)c1. The first-order valence-electron chi connectivity index (χ1n) is 10.0. The van der Waals surface area contributed by atoms with Crippen LogP contribution in [0.3, 0.4) is 0 Å². The molecule has 2 aliphatic rings. The molecule has 2 N–H and O–H groups in total. The minimum Gasteiger partial charge on any atom is -0.481 e. The molecule has 31 heavy (non-hydrogen) atoms. The molecule has 2 aliphatic heterocycles. The van der Waals surface area contributed by atoms with Gasteiger partial charge in [0.15, 0.2) is 0 Å². The summed E-state index contributed by atoms with van der Waals surface area (Å²) in [5, 5.41) is 12.1. The van der Waals surface area contributed by atoms with Gasteiger partial charge >= 0.3 is 17.9 Å². The number of nitrogens with one attached hydrogen (secondary N) is 1. The van der Waals surface area contributed by atoms with Crippen molar-refractivity contribution < 1.29 is 38.5 Å². The molecule has 1 fully saturated rings. The van der Waals surface area contributed by atoms with Crippen molar-refractivity contribution in [1.82, 2.24) is 0 Å². The van der Waals surface area contributed by atoms with Gasteiger partial charge in [-0.1, -0.05) is 12.2 Å². The van der Waals surface area contributed by atoms with Gasteiger partial charge in [0.05, 0.1) is 41.5 Å². The number of carboxylic acids is 1. The maximum absolute atomic E-state index is 12.9. The third kappa shape index (κ3) is 4.93. The lowest BCUT2D eigenvalue weighted by molar-refractivity contribution is -0.145. The molecule has 0 aliphatic carbocycles.